The lowest BCUT2D eigenvalue weighted by atomic mass is 9.97. The van der Waals surface area contributed by atoms with Crippen molar-refractivity contribution < 1.29 is 5.11 Å². The van der Waals surface area contributed by atoms with Crippen molar-refractivity contribution in [3.63, 3.8) is 0 Å². The molecule has 0 fully saturated rings. The molecule has 14 heavy (non-hydrogen) atoms. The minimum Gasteiger partial charge on any atom is -0.508 e. The van der Waals surface area contributed by atoms with Gasteiger partial charge < -0.3 is 10.8 Å². The quantitative estimate of drug-likeness (QED) is 0.764. The number of aryl methyl sites for hydroxylation is 1. The summed E-state index contributed by atoms with van der Waals surface area (Å²) in [4.78, 5) is 0. The maximum atomic E-state index is 9.31. The van der Waals surface area contributed by atoms with Crippen LogP contribution >= 0.6 is 0 Å². The molecule has 0 amide bonds. The lowest BCUT2D eigenvalue weighted by Gasteiger charge is -2.13. The number of benzene rings is 1. The van der Waals surface area contributed by atoms with Crippen molar-refractivity contribution in [1.82, 2.24) is 0 Å². The van der Waals surface area contributed by atoms with Crippen LogP contribution in [0.2, 0.25) is 0 Å². The Morgan fingerprint density at radius 1 is 1.57 bits per heavy atom. The largest absolute Gasteiger partial charge is 0.508 e. The maximum absolute atomic E-state index is 9.31. The monoisotopic (exact) mass is 190 g/mol. The predicted molar refractivity (Wildman–Crippen MR) is 54.6 cm³/mol. The SMILES string of the molecule is CCc1ccc(O)cc1C(N)CC#N. The second kappa shape index (κ2) is 4.64. The van der Waals surface area contributed by atoms with Gasteiger partial charge in [0.25, 0.3) is 0 Å². The van der Waals surface area contributed by atoms with Gasteiger partial charge in [-0.1, -0.05) is 13.0 Å². The number of hydrogen-bond acceptors (Lipinski definition) is 3. The van der Waals surface area contributed by atoms with Gasteiger partial charge in [-0.3, -0.25) is 0 Å². The maximum Gasteiger partial charge on any atom is 0.115 e. The molecular formula is C11H14N2O. The first-order chi connectivity index (χ1) is 6.69. The average molecular weight is 190 g/mol. The van der Waals surface area contributed by atoms with Gasteiger partial charge in [0.2, 0.25) is 0 Å². The molecule has 0 spiro atoms. The van der Waals surface area contributed by atoms with Crippen molar-refractivity contribution in [1.29, 1.82) is 5.26 Å². The van der Waals surface area contributed by atoms with Crippen molar-refractivity contribution in [2.45, 2.75) is 25.8 Å². The number of hydrogen-bond donors (Lipinski definition) is 2. The number of nitrogens with two attached hydrogens (primary N) is 1. The Hall–Kier alpha value is -1.53. The topological polar surface area (TPSA) is 70.0 Å². The van der Waals surface area contributed by atoms with E-state index in [1.807, 2.05) is 19.1 Å². The first kappa shape index (κ1) is 10.6. The van der Waals surface area contributed by atoms with Crippen LogP contribution in [0.1, 0.15) is 30.5 Å². The number of nitrogens with zero attached hydrogens (tertiary/aromatic N) is 1. The van der Waals surface area contributed by atoms with Gasteiger partial charge in [-0.25, -0.2) is 0 Å². The fourth-order valence-electron chi connectivity index (χ4n) is 1.46. The van der Waals surface area contributed by atoms with Gasteiger partial charge >= 0.3 is 0 Å². The van der Waals surface area contributed by atoms with E-state index in [4.69, 9.17) is 11.0 Å². The Labute approximate surface area is 83.8 Å². The summed E-state index contributed by atoms with van der Waals surface area (Å²) in [5.74, 6) is 0.200. The van der Waals surface area contributed by atoms with Crippen molar-refractivity contribution in [3.8, 4) is 11.8 Å². The number of phenols is 1. The van der Waals surface area contributed by atoms with Crippen LogP contribution in [0.15, 0.2) is 18.2 Å². The molecule has 74 valence electrons. The molecule has 0 saturated heterocycles. The molecule has 3 heteroatoms. The Kier molecular flexibility index (Phi) is 3.49. The molecule has 3 nitrogen and oxygen atoms in total. The second-order valence-electron chi connectivity index (χ2n) is 3.21. The van der Waals surface area contributed by atoms with Crippen LogP contribution in [-0.4, -0.2) is 5.11 Å². The van der Waals surface area contributed by atoms with E-state index in [0.29, 0.717) is 0 Å². The second-order valence-corrected chi connectivity index (χ2v) is 3.21. The summed E-state index contributed by atoms with van der Waals surface area (Å²) in [6, 6.07) is 6.86. The molecule has 0 radical (unpaired) electrons. The van der Waals surface area contributed by atoms with Crippen LogP contribution in [0.5, 0.6) is 5.75 Å². The Bertz CT molecular complexity index is 355. The van der Waals surface area contributed by atoms with Crippen LogP contribution in [0, 0.1) is 11.3 Å². The molecule has 1 unspecified atom stereocenters. The van der Waals surface area contributed by atoms with Gasteiger partial charge in [-0.05, 0) is 29.7 Å². The number of nitriles is 1. The smallest absolute Gasteiger partial charge is 0.115 e. The zero-order valence-electron chi connectivity index (χ0n) is 8.20. The molecule has 0 aliphatic heterocycles. The Morgan fingerprint density at radius 2 is 2.29 bits per heavy atom. The third kappa shape index (κ3) is 2.24. The predicted octanol–water partition coefficient (Wildman–Crippen LogP) is 1.87. The van der Waals surface area contributed by atoms with Gasteiger partial charge in [0, 0.05) is 6.04 Å². The van der Waals surface area contributed by atoms with Gasteiger partial charge in [-0.2, -0.15) is 5.26 Å². The molecule has 0 saturated carbocycles. The minimum atomic E-state index is -0.304. The molecule has 1 aromatic carbocycles. The first-order valence-corrected chi connectivity index (χ1v) is 4.63. The zero-order valence-corrected chi connectivity index (χ0v) is 8.20. The Balaban J connectivity index is 3.04. The highest BCUT2D eigenvalue weighted by atomic mass is 16.3. The van der Waals surface area contributed by atoms with Gasteiger partial charge in [0.05, 0.1) is 12.5 Å². The van der Waals surface area contributed by atoms with E-state index in [0.717, 1.165) is 17.5 Å². The normalized spacial score (nSPS) is 12.1. The van der Waals surface area contributed by atoms with Gasteiger partial charge in [0.15, 0.2) is 0 Å². The van der Waals surface area contributed by atoms with E-state index in [2.05, 4.69) is 0 Å². The van der Waals surface area contributed by atoms with Gasteiger partial charge in [0.1, 0.15) is 5.75 Å². The summed E-state index contributed by atoms with van der Waals surface area (Å²) >= 11 is 0. The van der Waals surface area contributed by atoms with E-state index in [-0.39, 0.29) is 18.2 Å². The summed E-state index contributed by atoms with van der Waals surface area (Å²) in [5, 5.41) is 17.9. The van der Waals surface area contributed by atoms with Crippen LogP contribution in [0.25, 0.3) is 0 Å². The third-order valence-electron chi connectivity index (χ3n) is 2.22. The van der Waals surface area contributed by atoms with E-state index >= 15 is 0 Å². The summed E-state index contributed by atoms with van der Waals surface area (Å²) in [5.41, 5.74) is 7.78. The van der Waals surface area contributed by atoms with Crippen LogP contribution in [0.3, 0.4) is 0 Å². The highest BCUT2D eigenvalue weighted by Gasteiger charge is 2.10. The van der Waals surface area contributed by atoms with E-state index < -0.39 is 0 Å². The molecule has 3 N–H and O–H groups in total. The van der Waals surface area contributed by atoms with E-state index in [1.54, 1.807) is 12.1 Å². The number of rotatable bonds is 3. The van der Waals surface area contributed by atoms with Gasteiger partial charge in [-0.15, -0.1) is 0 Å². The van der Waals surface area contributed by atoms with Crippen molar-refractivity contribution in [2.75, 3.05) is 0 Å². The highest BCUT2D eigenvalue weighted by molar-refractivity contribution is 5.37. The summed E-state index contributed by atoms with van der Waals surface area (Å²) in [7, 11) is 0. The van der Waals surface area contributed by atoms with Crippen molar-refractivity contribution in [3.05, 3.63) is 29.3 Å². The van der Waals surface area contributed by atoms with Crippen LogP contribution in [0.4, 0.5) is 0 Å². The summed E-state index contributed by atoms with van der Waals surface area (Å²) < 4.78 is 0. The zero-order chi connectivity index (χ0) is 10.6. The third-order valence-corrected chi connectivity index (χ3v) is 2.22. The summed E-state index contributed by atoms with van der Waals surface area (Å²) in [6.07, 6.45) is 1.13. The molecule has 1 rings (SSSR count). The number of aromatic hydroxyl groups is 1. The van der Waals surface area contributed by atoms with Crippen LogP contribution < -0.4 is 5.73 Å². The molecule has 0 aliphatic rings. The van der Waals surface area contributed by atoms with Crippen molar-refractivity contribution >= 4 is 0 Å². The molecule has 1 atom stereocenters. The number of phenolic OH excluding ortho intramolecular Hbond substituents is 1. The fourth-order valence-corrected chi connectivity index (χ4v) is 1.46. The first-order valence-electron chi connectivity index (χ1n) is 4.63. The van der Waals surface area contributed by atoms with E-state index in [1.165, 1.54) is 0 Å². The minimum absolute atomic E-state index is 0.200. The lowest BCUT2D eigenvalue weighted by Crippen LogP contribution is -2.11. The Morgan fingerprint density at radius 3 is 2.86 bits per heavy atom. The van der Waals surface area contributed by atoms with Crippen LogP contribution in [-0.2, 0) is 6.42 Å². The molecule has 1 aromatic rings. The molecular weight excluding hydrogens is 176 g/mol. The van der Waals surface area contributed by atoms with Crippen molar-refractivity contribution in [2.24, 2.45) is 5.73 Å². The standard InChI is InChI=1S/C11H14N2O/c1-2-8-3-4-9(14)7-10(8)11(13)5-6-12/h3-4,7,11,14H,2,5,13H2,1H3. The van der Waals surface area contributed by atoms with E-state index in [9.17, 15) is 5.11 Å². The molecule has 0 aliphatic carbocycles. The molecule has 0 aromatic heterocycles. The molecule has 0 heterocycles. The average Bonchev–Trinajstić information content (AvgIpc) is 2.18. The molecule has 0 bridgehead atoms. The fraction of sp³-hybridized carbons (Fsp3) is 0.364. The summed E-state index contributed by atoms with van der Waals surface area (Å²) in [6.45, 7) is 2.02. The lowest BCUT2D eigenvalue weighted by molar-refractivity contribution is 0.473. The highest BCUT2D eigenvalue weighted by Crippen LogP contribution is 2.23.